The zero-order valence-electron chi connectivity index (χ0n) is 12.2. The van der Waals surface area contributed by atoms with Crippen LogP contribution in [-0.4, -0.2) is 17.1 Å². The topological polar surface area (TPSA) is 48.1 Å². The minimum Gasteiger partial charge on any atom is -0.488 e. The molecule has 0 spiro atoms. The average Bonchev–Trinajstić information content (AvgIpc) is 2.28. The van der Waals surface area contributed by atoms with E-state index in [-0.39, 0.29) is 5.60 Å². The van der Waals surface area contributed by atoms with Gasteiger partial charge in [-0.1, -0.05) is 0 Å². The van der Waals surface area contributed by atoms with Crippen LogP contribution < -0.4 is 10.5 Å². The summed E-state index contributed by atoms with van der Waals surface area (Å²) in [6.07, 6.45) is 0.816. The van der Waals surface area contributed by atoms with Crippen LogP contribution in [0.3, 0.4) is 0 Å². The number of hydrogen-bond donors (Lipinski definition) is 1. The molecule has 0 saturated heterocycles. The molecule has 1 aromatic carbocycles. The van der Waals surface area contributed by atoms with Crippen LogP contribution in [0.15, 0.2) is 24.3 Å². The number of pyridine rings is 1. The molecule has 2 aromatic rings. The second kappa shape index (κ2) is 5.17. The zero-order valence-corrected chi connectivity index (χ0v) is 12.2. The Labute approximate surface area is 114 Å². The maximum atomic E-state index is 5.89. The Hall–Kier alpha value is -1.61. The Morgan fingerprint density at radius 3 is 2.58 bits per heavy atom. The molecule has 1 heterocycles. The summed E-state index contributed by atoms with van der Waals surface area (Å²) in [6.45, 7) is 8.88. The van der Waals surface area contributed by atoms with Crippen molar-refractivity contribution in [3.63, 3.8) is 0 Å². The highest BCUT2D eigenvalue weighted by Crippen LogP contribution is 2.25. The lowest BCUT2D eigenvalue weighted by atomic mass is 10.1. The van der Waals surface area contributed by atoms with Crippen LogP contribution in [0.1, 0.15) is 32.0 Å². The minimum absolute atomic E-state index is 0.186. The number of benzene rings is 1. The molecule has 0 fully saturated rings. The number of fused-ring (bicyclic) bond motifs is 1. The lowest BCUT2D eigenvalue weighted by molar-refractivity contribution is 0.131. The quantitative estimate of drug-likeness (QED) is 0.919. The van der Waals surface area contributed by atoms with Gasteiger partial charge in [-0.3, -0.25) is 4.98 Å². The second-order valence-corrected chi connectivity index (χ2v) is 5.86. The number of hydrogen-bond acceptors (Lipinski definition) is 3. The molecule has 0 aliphatic heterocycles. The highest BCUT2D eigenvalue weighted by molar-refractivity contribution is 5.83. The van der Waals surface area contributed by atoms with E-state index >= 15 is 0 Å². The molecule has 0 bridgehead atoms. The third kappa shape index (κ3) is 3.44. The Balaban J connectivity index is 2.43. The van der Waals surface area contributed by atoms with E-state index < -0.39 is 0 Å². The molecule has 1 aromatic heterocycles. The van der Waals surface area contributed by atoms with Gasteiger partial charge in [0, 0.05) is 17.5 Å². The highest BCUT2D eigenvalue weighted by atomic mass is 16.5. The maximum Gasteiger partial charge on any atom is 0.120 e. The van der Waals surface area contributed by atoms with Crippen molar-refractivity contribution in [2.24, 2.45) is 5.73 Å². The molecule has 0 aliphatic carbocycles. The third-order valence-electron chi connectivity index (χ3n) is 2.86. The lowest BCUT2D eigenvalue weighted by Crippen LogP contribution is -2.22. The summed E-state index contributed by atoms with van der Waals surface area (Å²) in [6, 6.07) is 8.17. The molecule has 0 atom stereocenters. The molecule has 3 nitrogen and oxygen atoms in total. The van der Waals surface area contributed by atoms with Crippen LogP contribution >= 0.6 is 0 Å². The van der Waals surface area contributed by atoms with Gasteiger partial charge in [0.05, 0.1) is 5.52 Å². The fraction of sp³-hybridized carbons (Fsp3) is 0.438. The molecule has 2 N–H and O–H groups in total. The summed E-state index contributed by atoms with van der Waals surface area (Å²) < 4.78 is 5.89. The number of aromatic nitrogens is 1. The Morgan fingerprint density at radius 2 is 1.95 bits per heavy atom. The van der Waals surface area contributed by atoms with Crippen molar-refractivity contribution in [2.45, 2.75) is 39.7 Å². The molecule has 0 amide bonds. The van der Waals surface area contributed by atoms with E-state index in [0.717, 1.165) is 28.8 Å². The van der Waals surface area contributed by atoms with Crippen molar-refractivity contribution in [3.8, 4) is 5.75 Å². The van der Waals surface area contributed by atoms with Crippen LogP contribution in [-0.2, 0) is 6.42 Å². The molecule has 0 radical (unpaired) electrons. The normalized spacial score (nSPS) is 11.8. The van der Waals surface area contributed by atoms with Gasteiger partial charge in [-0.2, -0.15) is 0 Å². The van der Waals surface area contributed by atoms with Gasteiger partial charge >= 0.3 is 0 Å². The maximum absolute atomic E-state index is 5.89. The van der Waals surface area contributed by atoms with Crippen molar-refractivity contribution in [3.05, 3.63) is 35.5 Å². The molecule has 0 unspecified atom stereocenters. The summed E-state index contributed by atoms with van der Waals surface area (Å²) in [4.78, 5) is 4.63. The number of rotatable bonds is 3. The van der Waals surface area contributed by atoms with E-state index in [1.165, 1.54) is 5.56 Å². The first-order chi connectivity index (χ1) is 8.89. The first kappa shape index (κ1) is 13.8. The fourth-order valence-electron chi connectivity index (χ4n) is 2.14. The van der Waals surface area contributed by atoms with Crippen molar-refractivity contribution >= 4 is 10.9 Å². The van der Waals surface area contributed by atoms with E-state index in [1.807, 2.05) is 32.9 Å². The molecule has 3 heteroatoms. The fourth-order valence-corrected chi connectivity index (χ4v) is 2.14. The van der Waals surface area contributed by atoms with E-state index in [9.17, 15) is 0 Å². The molecular weight excluding hydrogens is 236 g/mol. The highest BCUT2D eigenvalue weighted by Gasteiger charge is 2.12. The largest absolute Gasteiger partial charge is 0.488 e. The molecule has 2 rings (SSSR count). The third-order valence-corrected chi connectivity index (χ3v) is 2.86. The molecule has 0 aliphatic rings. The predicted molar refractivity (Wildman–Crippen MR) is 79.6 cm³/mol. The van der Waals surface area contributed by atoms with Gasteiger partial charge in [0.15, 0.2) is 0 Å². The minimum atomic E-state index is -0.186. The first-order valence-corrected chi connectivity index (χ1v) is 6.68. The first-order valence-electron chi connectivity index (χ1n) is 6.68. The number of nitrogens with two attached hydrogens (primary N) is 1. The number of aryl methyl sites for hydroxylation is 1. The average molecular weight is 258 g/mol. The predicted octanol–water partition coefficient (Wildman–Crippen LogP) is 3.22. The van der Waals surface area contributed by atoms with Crippen molar-refractivity contribution < 1.29 is 4.74 Å². The van der Waals surface area contributed by atoms with Gasteiger partial charge in [-0.25, -0.2) is 0 Å². The molecule has 19 heavy (non-hydrogen) atoms. The van der Waals surface area contributed by atoms with Crippen molar-refractivity contribution in [1.82, 2.24) is 4.98 Å². The summed E-state index contributed by atoms with van der Waals surface area (Å²) in [7, 11) is 0. The van der Waals surface area contributed by atoms with Gasteiger partial charge in [-0.05, 0) is 64.1 Å². The van der Waals surface area contributed by atoms with Crippen molar-refractivity contribution in [2.75, 3.05) is 6.54 Å². The second-order valence-electron chi connectivity index (χ2n) is 5.86. The molecular formula is C16H22N2O. The van der Waals surface area contributed by atoms with Crippen molar-refractivity contribution in [1.29, 1.82) is 0 Å². The van der Waals surface area contributed by atoms with E-state index in [2.05, 4.69) is 24.0 Å². The summed E-state index contributed by atoms with van der Waals surface area (Å²) >= 11 is 0. The van der Waals surface area contributed by atoms with Gasteiger partial charge in [-0.15, -0.1) is 0 Å². The van der Waals surface area contributed by atoms with E-state index in [0.29, 0.717) is 6.54 Å². The van der Waals surface area contributed by atoms with Gasteiger partial charge < -0.3 is 10.5 Å². The van der Waals surface area contributed by atoms with Gasteiger partial charge in [0.1, 0.15) is 11.4 Å². The zero-order chi connectivity index (χ0) is 14.0. The van der Waals surface area contributed by atoms with Crippen LogP contribution in [0.25, 0.3) is 10.9 Å². The monoisotopic (exact) mass is 258 g/mol. The molecule has 102 valence electrons. The summed E-state index contributed by atoms with van der Waals surface area (Å²) in [5, 5.41) is 1.14. The van der Waals surface area contributed by atoms with Crippen LogP contribution in [0.2, 0.25) is 0 Å². The van der Waals surface area contributed by atoms with E-state index in [4.69, 9.17) is 10.5 Å². The van der Waals surface area contributed by atoms with Crippen LogP contribution in [0.5, 0.6) is 5.75 Å². The van der Waals surface area contributed by atoms with Gasteiger partial charge in [0.25, 0.3) is 0 Å². The van der Waals surface area contributed by atoms with Gasteiger partial charge in [0.2, 0.25) is 0 Å². The van der Waals surface area contributed by atoms with Crippen LogP contribution in [0, 0.1) is 6.92 Å². The smallest absolute Gasteiger partial charge is 0.120 e. The molecule has 0 saturated carbocycles. The standard InChI is InChI=1S/C16H22N2O/c1-11-9-12(7-8-17)18-15-6-5-13(10-14(11)15)19-16(2,3)4/h5-6,9-10H,7-8,17H2,1-4H3. The van der Waals surface area contributed by atoms with E-state index in [1.54, 1.807) is 0 Å². The SMILES string of the molecule is Cc1cc(CCN)nc2ccc(OC(C)(C)C)cc12. The number of nitrogens with zero attached hydrogens (tertiary/aromatic N) is 1. The Morgan fingerprint density at radius 1 is 1.21 bits per heavy atom. The Bertz CT molecular complexity index is 585. The van der Waals surface area contributed by atoms with Crippen LogP contribution in [0.4, 0.5) is 0 Å². The summed E-state index contributed by atoms with van der Waals surface area (Å²) in [5.74, 6) is 0.886. The summed E-state index contributed by atoms with van der Waals surface area (Å²) in [5.41, 5.74) is 8.67. The lowest BCUT2D eigenvalue weighted by Gasteiger charge is -2.21. The Kier molecular flexibility index (Phi) is 3.76. The number of ether oxygens (including phenoxy) is 1.